The van der Waals surface area contributed by atoms with Crippen LogP contribution in [0.25, 0.3) is 0 Å². The third-order valence-electron chi connectivity index (χ3n) is 0.771. The topological polar surface area (TPSA) is 0 Å². The molecule has 0 unspecified atom stereocenters. The van der Waals surface area contributed by atoms with E-state index in [1.165, 1.54) is 4.91 Å². The second kappa shape index (κ2) is 11.4. The molecule has 0 fully saturated rings. The minimum Gasteiger partial charge on any atom is -0.321 e. The largest absolute Gasteiger partial charge is 0.321 e. The third kappa shape index (κ3) is 9.31. The van der Waals surface area contributed by atoms with E-state index in [9.17, 15) is 0 Å². The first-order chi connectivity index (χ1) is 2.89. The van der Waals surface area contributed by atoms with Crippen molar-refractivity contribution in [3.05, 3.63) is 16.7 Å². The van der Waals surface area contributed by atoms with Gasteiger partial charge in [0.1, 0.15) is 0 Å². The number of thioether (sulfide) groups is 1. The fraction of sp³-hybridized carbons (Fsp3) is 0.400. The average Bonchev–Trinajstić information content (AvgIpc) is 1.86. The minimum atomic E-state index is 0. The Morgan fingerprint density at radius 2 is 2.00 bits per heavy atom. The molecule has 0 N–H and O–H groups in total. The maximum atomic E-state index is 2.23. The maximum absolute atomic E-state index is 2.23. The summed E-state index contributed by atoms with van der Waals surface area (Å²) in [7, 11) is 0. The molecule has 1 aliphatic rings. The summed E-state index contributed by atoms with van der Waals surface area (Å²) >= 11 is 1.83. The summed E-state index contributed by atoms with van der Waals surface area (Å²) in [6.07, 6.45) is 3.39. The summed E-state index contributed by atoms with van der Waals surface area (Å²) in [5.41, 5.74) is 0. The Morgan fingerprint density at radius 3 is 2.11 bits per heavy atom. The molecule has 0 aromatic rings. The Bertz CT molecular complexity index is 82.3. The van der Waals surface area contributed by atoms with Gasteiger partial charge < -0.3 is 11.8 Å². The monoisotopic (exact) mass is 366 g/mol. The molecule has 0 atom stereocenters. The van der Waals surface area contributed by atoms with Crippen molar-refractivity contribution in [3.63, 3.8) is 0 Å². The van der Waals surface area contributed by atoms with Crippen LogP contribution in [0.1, 0.15) is 13.3 Å². The predicted octanol–water partition coefficient (Wildman–Crippen LogP) is 2.18. The summed E-state index contributed by atoms with van der Waals surface area (Å²) in [4.78, 5) is 1.44. The summed E-state index contributed by atoms with van der Waals surface area (Å²) in [5.74, 6) is 2.20. The zero-order valence-electron chi connectivity index (χ0n) is 5.50. The van der Waals surface area contributed by atoms with Crippen molar-refractivity contribution in [1.82, 2.24) is 0 Å². The third-order valence-corrected chi connectivity index (χ3v) is 1.67. The van der Waals surface area contributed by atoms with Crippen molar-refractivity contribution >= 4 is 11.8 Å². The van der Waals surface area contributed by atoms with Gasteiger partial charge in [-0.1, -0.05) is 4.91 Å². The molecule has 0 bridgehead atoms. The van der Waals surface area contributed by atoms with Crippen molar-refractivity contribution in [1.29, 1.82) is 0 Å². The molecule has 1 rings (SSSR count). The van der Waals surface area contributed by atoms with E-state index in [-0.39, 0.29) is 98.1 Å². The SMILES string of the molecule is CC1=CC[CH-]S1.[Y].[Y].[Y]. The quantitative estimate of drug-likeness (QED) is 0.593. The summed E-state index contributed by atoms with van der Waals surface area (Å²) in [6, 6.07) is 0. The molecule has 0 aromatic carbocycles. The van der Waals surface area contributed by atoms with E-state index < -0.39 is 0 Å². The number of hydrogen-bond donors (Lipinski definition) is 0. The van der Waals surface area contributed by atoms with Crippen molar-refractivity contribution in [2.45, 2.75) is 13.3 Å². The molecule has 0 saturated carbocycles. The normalized spacial score (nSPS) is 14.1. The summed E-state index contributed by atoms with van der Waals surface area (Å²) in [5, 5.41) is 0. The van der Waals surface area contributed by atoms with Gasteiger partial charge in [0.25, 0.3) is 0 Å². The molecule has 0 spiro atoms. The van der Waals surface area contributed by atoms with Crippen LogP contribution in [0.15, 0.2) is 11.0 Å². The molecule has 1 aliphatic heterocycles. The molecule has 3 radical (unpaired) electrons. The molecule has 0 aliphatic carbocycles. The standard InChI is InChI=1S/C5H7S.3Y/c1-5-3-2-4-6-5;;;/h3-4H,2H2,1H3;;;/q-1;;;. The van der Waals surface area contributed by atoms with Gasteiger partial charge in [0.15, 0.2) is 0 Å². The Morgan fingerprint density at radius 1 is 1.44 bits per heavy atom. The first-order valence-corrected chi connectivity index (χ1v) is 2.92. The van der Waals surface area contributed by atoms with Crippen LogP contribution >= 0.6 is 11.8 Å². The molecule has 43 valence electrons. The molecule has 0 saturated heterocycles. The van der Waals surface area contributed by atoms with E-state index in [4.69, 9.17) is 0 Å². The Kier molecular flexibility index (Phi) is 23.1. The van der Waals surface area contributed by atoms with Gasteiger partial charge in [-0.15, -0.1) is 6.08 Å². The molecule has 9 heavy (non-hydrogen) atoms. The fourth-order valence-corrected chi connectivity index (χ4v) is 1.09. The van der Waals surface area contributed by atoms with Crippen LogP contribution in [-0.4, -0.2) is 0 Å². The molecule has 0 amide bonds. The zero-order chi connectivity index (χ0) is 4.41. The van der Waals surface area contributed by atoms with E-state index in [0.717, 1.165) is 6.42 Å². The van der Waals surface area contributed by atoms with Crippen molar-refractivity contribution < 1.29 is 98.1 Å². The van der Waals surface area contributed by atoms with Gasteiger partial charge in [-0.2, -0.15) is 6.42 Å². The molecule has 0 nitrogen and oxygen atoms in total. The van der Waals surface area contributed by atoms with E-state index in [2.05, 4.69) is 18.8 Å². The van der Waals surface area contributed by atoms with Crippen LogP contribution in [0.2, 0.25) is 0 Å². The van der Waals surface area contributed by atoms with Crippen LogP contribution in [0.5, 0.6) is 0 Å². The van der Waals surface area contributed by atoms with E-state index in [0.29, 0.717) is 0 Å². The smallest absolute Gasteiger partial charge is 0 e. The first kappa shape index (κ1) is 18.2. The summed E-state index contributed by atoms with van der Waals surface area (Å²) < 4.78 is 0. The van der Waals surface area contributed by atoms with Crippen LogP contribution in [0, 0.1) is 5.75 Å². The number of allylic oxidation sites excluding steroid dienone is 2. The maximum Gasteiger partial charge on any atom is 0 e. The Balaban J connectivity index is -0.000000120. The van der Waals surface area contributed by atoms with Crippen molar-refractivity contribution in [2.75, 3.05) is 0 Å². The van der Waals surface area contributed by atoms with Crippen LogP contribution in [0.3, 0.4) is 0 Å². The zero-order valence-corrected chi connectivity index (χ0v) is 14.8. The van der Waals surface area contributed by atoms with Crippen LogP contribution in [0.4, 0.5) is 0 Å². The van der Waals surface area contributed by atoms with E-state index >= 15 is 0 Å². The fourth-order valence-electron chi connectivity index (χ4n) is 0.442. The van der Waals surface area contributed by atoms with Gasteiger partial charge in [-0.05, 0) is 6.92 Å². The van der Waals surface area contributed by atoms with Crippen molar-refractivity contribution in [3.8, 4) is 0 Å². The van der Waals surface area contributed by atoms with E-state index in [1.54, 1.807) is 0 Å². The molecular formula is C5H7SY3-. The molecule has 4 heteroatoms. The number of rotatable bonds is 0. The Hall–Kier alpha value is 3.40. The van der Waals surface area contributed by atoms with Gasteiger partial charge in [-0.25, -0.2) is 0 Å². The van der Waals surface area contributed by atoms with Gasteiger partial charge in [0, 0.05) is 98.1 Å². The minimum absolute atomic E-state index is 0. The average molecular weight is 366 g/mol. The molecule has 1 heterocycles. The van der Waals surface area contributed by atoms with Crippen LogP contribution < -0.4 is 0 Å². The van der Waals surface area contributed by atoms with E-state index in [1.807, 2.05) is 11.8 Å². The number of hydrogen-bond acceptors (Lipinski definition) is 1. The van der Waals surface area contributed by atoms with Gasteiger partial charge in [0.05, 0.1) is 0 Å². The summed E-state index contributed by atoms with van der Waals surface area (Å²) in [6.45, 7) is 2.13. The van der Waals surface area contributed by atoms with Crippen LogP contribution in [-0.2, 0) is 98.1 Å². The second-order valence-corrected chi connectivity index (χ2v) is 2.55. The first-order valence-electron chi connectivity index (χ1n) is 2.04. The second-order valence-electron chi connectivity index (χ2n) is 1.33. The van der Waals surface area contributed by atoms with Gasteiger partial charge in [-0.3, -0.25) is 5.75 Å². The van der Waals surface area contributed by atoms with Gasteiger partial charge in [0.2, 0.25) is 0 Å². The predicted molar refractivity (Wildman–Crippen MR) is 30.3 cm³/mol. The Labute approximate surface area is 137 Å². The van der Waals surface area contributed by atoms with Crippen molar-refractivity contribution in [2.24, 2.45) is 0 Å². The molecular weight excluding hydrogens is 359 g/mol. The van der Waals surface area contributed by atoms with Gasteiger partial charge >= 0.3 is 0 Å². The molecule has 0 aromatic heterocycles.